The number of hydrogen-bond acceptors (Lipinski definition) is 4. The number of hydrogen-bond donors (Lipinski definition) is 1. The number of benzene rings is 3. The lowest BCUT2D eigenvalue weighted by atomic mass is 10.1. The molecule has 4 aromatic rings. The summed E-state index contributed by atoms with van der Waals surface area (Å²) < 4.78 is 14.0. The van der Waals surface area contributed by atoms with Crippen LogP contribution in [0.3, 0.4) is 0 Å². The van der Waals surface area contributed by atoms with Gasteiger partial charge in [0.2, 0.25) is 0 Å². The van der Waals surface area contributed by atoms with Gasteiger partial charge in [-0.2, -0.15) is 5.10 Å². The van der Waals surface area contributed by atoms with Gasteiger partial charge >= 0.3 is 0 Å². The molecule has 33 heavy (non-hydrogen) atoms. The fraction of sp³-hybridized carbons (Fsp3) is 0.120. The Kier molecular flexibility index (Phi) is 7.32. The summed E-state index contributed by atoms with van der Waals surface area (Å²) in [6.07, 6.45) is 3.66. The van der Waals surface area contributed by atoms with Crippen molar-refractivity contribution in [3.05, 3.63) is 105 Å². The average Bonchev–Trinajstić information content (AvgIpc) is 3.24. The number of aromatic nitrogens is 2. The van der Waals surface area contributed by atoms with Crippen LogP contribution in [0.4, 0.5) is 5.69 Å². The van der Waals surface area contributed by atoms with E-state index in [0.717, 1.165) is 15.6 Å². The van der Waals surface area contributed by atoms with Gasteiger partial charge in [0.05, 0.1) is 29.3 Å². The van der Waals surface area contributed by atoms with Gasteiger partial charge in [-0.05, 0) is 64.0 Å². The zero-order valence-corrected chi connectivity index (χ0v) is 20.1. The van der Waals surface area contributed by atoms with Crippen LogP contribution in [-0.2, 0) is 13.2 Å². The average molecular weight is 527 g/mol. The Morgan fingerprint density at radius 1 is 1.09 bits per heavy atom. The molecular formula is C25H21BrClN3O3. The maximum atomic E-state index is 12.8. The van der Waals surface area contributed by atoms with Gasteiger partial charge in [-0.25, -0.2) is 0 Å². The van der Waals surface area contributed by atoms with Crippen LogP contribution in [0.25, 0.3) is 0 Å². The van der Waals surface area contributed by atoms with Crippen molar-refractivity contribution in [1.29, 1.82) is 0 Å². The summed E-state index contributed by atoms with van der Waals surface area (Å²) >= 11 is 9.56. The first-order valence-electron chi connectivity index (χ1n) is 10.1. The van der Waals surface area contributed by atoms with E-state index in [-0.39, 0.29) is 12.5 Å². The van der Waals surface area contributed by atoms with E-state index >= 15 is 0 Å². The lowest BCUT2D eigenvalue weighted by Gasteiger charge is -2.13. The summed E-state index contributed by atoms with van der Waals surface area (Å²) in [4.78, 5) is 12.8. The van der Waals surface area contributed by atoms with E-state index in [9.17, 15) is 4.79 Å². The van der Waals surface area contributed by atoms with Crippen LogP contribution in [-0.4, -0.2) is 22.8 Å². The fourth-order valence-electron chi connectivity index (χ4n) is 3.26. The maximum Gasteiger partial charge on any atom is 0.255 e. The number of rotatable bonds is 8. The number of halogens is 2. The van der Waals surface area contributed by atoms with E-state index < -0.39 is 0 Å². The third-order valence-electron chi connectivity index (χ3n) is 4.92. The SMILES string of the molecule is COc1ccc(C(=O)Nc2ccc(Cn3cc(Br)cn3)cc2)cc1COc1ccccc1Cl. The molecule has 0 aliphatic carbocycles. The van der Waals surface area contributed by atoms with Crippen LogP contribution in [0.5, 0.6) is 11.5 Å². The van der Waals surface area contributed by atoms with Crippen LogP contribution >= 0.6 is 27.5 Å². The van der Waals surface area contributed by atoms with Gasteiger partial charge in [-0.3, -0.25) is 9.48 Å². The Bertz CT molecular complexity index is 1260. The monoisotopic (exact) mass is 525 g/mol. The molecule has 168 valence electrons. The summed E-state index contributed by atoms with van der Waals surface area (Å²) in [6.45, 7) is 0.860. The summed E-state index contributed by atoms with van der Waals surface area (Å²) in [5.74, 6) is 0.979. The summed E-state index contributed by atoms with van der Waals surface area (Å²) in [5, 5.41) is 7.71. The molecule has 0 bridgehead atoms. The molecule has 0 unspecified atom stereocenters. The highest BCUT2D eigenvalue weighted by molar-refractivity contribution is 9.10. The van der Waals surface area contributed by atoms with Gasteiger partial charge in [-0.15, -0.1) is 0 Å². The number of anilines is 1. The summed E-state index contributed by atoms with van der Waals surface area (Å²) in [5.41, 5.74) is 3.02. The quantitative estimate of drug-likeness (QED) is 0.297. The number of para-hydroxylation sites is 1. The minimum atomic E-state index is -0.222. The highest BCUT2D eigenvalue weighted by Crippen LogP contribution is 2.27. The van der Waals surface area contributed by atoms with Gasteiger partial charge in [0.25, 0.3) is 5.91 Å². The van der Waals surface area contributed by atoms with E-state index in [4.69, 9.17) is 21.1 Å². The fourth-order valence-corrected chi connectivity index (χ4v) is 3.78. The smallest absolute Gasteiger partial charge is 0.255 e. The molecule has 1 heterocycles. The molecule has 8 heteroatoms. The number of carbonyl (C=O) groups excluding carboxylic acids is 1. The number of nitrogens with one attached hydrogen (secondary N) is 1. The second-order valence-electron chi connectivity index (χ2n) is 7.25. The topological polar surface area (TPSA) is 65.4 Å². The van der Waals surface area contributed by atoms with Crippen molar-refractivity contribution >= 4 is 39.1 Å². The first kappa shape index (κ1) is 22.9. The molecule has 0 radical (unpaired) electrons. The molecule has 1 aromatic heterocycles. The molecule has 6 nitrogen and oxygen atoms in total. The van der Waals surface area contributed by atoms with Gasteiger partial charge in [0, 0.05) is 23.0 Å². The molecule has 1 amide bonds. The normalized spacial score (nSPS) is 10.6. The molecule has 1 N–H and O–H groups in total. The van der Waals surface area contributed by atoms with Gasteiger partial charge in [0.1, 0.15) is 18.1 Å². The van der Waals surface area contributed by atoms with Crippen molar-refractivity contribution in [3.63, 3.8) is 0 Å². The first-order valence-corrected chi connectivity index (χ1v) is 11.3. The molecule has 0 atom stereocenters. The molecule has 0 aliphatic rings. The maximum absolute atomic E-state index is 12.8. The second kappa shape index (κ2) is 10.6. The predicted octanol–water partition coefficient (Wildman–Crippen LogP) is 6.19. The highest BCUT2D eigenvalue weighted by atomic mass is 79.9. The third-order valence-corrected chi connectivity index (χ3v) is 5.64. The minimum absolute atomic E-state index is 0.215. The molecular weight excluding hydrogens is 506 g/mol. The summed E-state index contributed by atoms with van der Waals surface area (Å²) in [7, 11) is 1.58. The highest BCUT2D eigenvalue weighted by Gasteiger charge is 2.12. The van der Waals surface area contributed by atoms with Crippen LogP contribution in [0.2, 0.25) is 5.02 Å². The van der Waals surface area contributed by atoms with Crippen LogP contribution in [0.15, 0.2) is 83.6 Å². The summed E-state index contributed by atoms with van der Waals surface area (Å²) in [6, 6.07) is 20.1. The van der Waals surface area contributed by atoms with E-state index in [1.54, 1.807) is 43.6 Å². The van der Waals surface area contributed by atoms with Crippen molar-refractivity contribution in [2.75, 3.05) is 12.4 Å². The Hall–Kier alpha value is -3.29. The van der Waals surface area contributed by atoms with Crippen LogP contribution < -0.4 is 14.8 Å². The van der Waals surface area contributed by atoms with Crippen LogP contribution in [0, 0.1) is 0 Å². The largest absolute Gasteiger partial charge is 0.496 e. The Labute approximate surface area is 205 Å². The predicted molar refractivity (Wildman–Crippen MR) is 132 cm³/mol. The second-order valence-corrected chi connectivity index (χ2v) is 8.58. The molecule has 3 aromatic carbocycles. The molecule has 0 saturated heterocycles. The number of amides is 1. The molecule has 0 saturated carbocycles. The molecule has 4 rings (SSSR count). The van der Waals surface area contributed by atoms with E-state index in [1.807, 2.05) is 47.3 Å². The van der Waals surface area contributed by atoms with Crippen molar-refractivity contribution < 1.29 is 14.3 Å². The van der Waals surface area contributed by atoms with E-state index in [1.165, 1.54) is 0 Å². The zero-order valence-electron chi connectivity index (χ0n) is 17.8. The Morgan fingerprint density at radius 2 is 1.88 bits per heavy atom. The van der Waals surface area contributed by atoms with Crippen molar-refractivity contribution in [2.45, 2.75) is 13.2 Å². The van der Waals surface area contributed by atoms with Crippen LogP contribution in [0.1, 0.15) is 21.5 Å². The van der Waals surface area contributed by atoms with E-state index in [0.29, 0.717) is 34.3 Å². The Balaban J connectivity index is 1.43. The van der Waals surface area contributed by atoms with Crippen molar-refractivity contribution in [1.82, 2.24) is 9.78 Å². The van der Waals surface area contributed by atoms with E-state index in [2.05, 4.69) is 26.3 Å². The minimum Gasteiger partial charge on any atom is -0.496 e. The first-order chi connectivity index (χ1) is 16.0. The molecule has 0 fully saturated rings. The van der Waals surface area contributed by atoms with Gasteiger partial charge < -0.3 is 14.8 Å². The number of carbonyl (C=O) groups is 1. The zero-order chi connectivity index (χ0) is 23.2. The molecule has 0 aliphatic heterocycles. The third kappa shape index (κ3) is 5.94. The standard InChI is InChI=1S/C25H21BrClN3O3/c1-32-23-11-8-18(12-19(23)16-33-24-5-3-2-4-22(24)27)25(31)29-21-9-6-17(7-10-21)14-30-15-20(26)13-28-30/h2-13,15H,14,16H2,1H3,(H,29,31). The van der Waals surface area contributed by atoms with Gasteiger partial charge in [-0.1, -0.05) is 35.9 Å². The lowest BCUT2D eigenvalue weighted by Crippen LogP contribution is -2.13. The lowest BCUT2D eigenvalue weighted by molar-refractivity contribution is 0.102. The van der Waals surface area contributed by atoms with Crippen molar-refractivity contribution in [3.8, 4) is 11.5 Å². The molecule has 0 spiro atoms. The number of methoxy groups -OCH3 is 1. The number of nitrogens with zero attached hydrogens (tertiary/aromatic N) is 2. The van der Waals surface area contributed by atoms with Crippen molar-refractivity contribution in [2.24, 2.45) is 0 Å². The van der Waals surface area contributed by atoms with Gasteiger partial charge in [0.15, 0.2) is 0 Å². The Morgan fingerprint density at radius 3 is 2.58 bits per heavy atom. The number of ether oxygens (including phenoxy) is 2.